The Balaban J connectivity index is 2.52. The van der Waals surface area contributed by atoms with Gasteiger partial charge in [0.05, 0.1) is 7.11 Å². The van der Waals surface area contributed by atoms with E-state index in [2.05, 4.69) is 6.92 Å². The fourth-order valence-electron chi connectivity index (χ4n) is 2.58. The molecule has 1 aromatic rings. The van der Waals surface area contributed by atoms with Crippen LogP contribution in [0.3, 0.4) is 0 Å². The van der Waals surface area contributed by atoms with Gasteiger partial charge in [0.25, 0.3) is 0 Å². The van der Waals surface area contributed by atoms with E-state index in [4.69, 9.17) is 10.5 Å². The van der Waals surface area contributed by atoms with Crippen molar-refractivity contribution in [2.75, 3.05) is 12.8 Å². The first kappa shape index (κ1) is 12.0. The average molecular weight is 233 g/mol. The monoisotopic (exact) mass is 233 g/mol. The van der Waals surface area contributed by atoms with Crippen LogP contribution in [0.25, 0.3) is 0 Å². The van der Waals surface area contributed by atoms with E-state index < -0.39 is 0 Å². The molecule has 0 amide bonds. The van der Waals surface area contributed by atoms with Gasteiger partial charge in [-0.15, -0.1) is 0 Å². The van der Waals surface area contributed by atoms with Gasteiger partial charge in [0.2, 0.25) is 0 Å². The van der Waals surface area contributed by atoms with E-state index in [1.807, 2.05) is 6.07 Å². The van der Waals surface area contributed by atoms with Crippen molar-refractivity contribution in [2.45, 2.75) is 32.6 Å². The summed E-state index contributed by atoms with van der Waals surface area (Å²) < 4.78 is 5.37. The third kappa shape index (κ3) is 1.90. The molecule has 0 heterocycles. The maximum atomic E-state index is 11.5. The van der Waals surface area contributed by atoms with Gasteiger partial charge in [-0.05, 0) is 43.7 Å². The highest BCUT2D eigenvalue weighted by molar-refractivity contribution is 6.00. The van der Waals surface area contributed by atoms with Crippen molar-refractivity contribution in [2.24, 2.45) is 5.92 Å². The second-order valence-electron chi connectivity index (χ2n) is 4.86. The molecular formula is C14H19NO2. The van der Waals surface area contributed by atoms with E-state index >= 15 is 0 Å². The molecule has 1 fully saturated rings. The molecule has 1 aliphatic carbocycles. The van der Waals surface area contributed by atoms with Crippen molar-refractivity contribution in [1.29, 1.82) is 0 Å². The van der Waals surface area contributed by atoms with Crippen molar-refractivity contribution in [1.82, 2.24) is 0 Å². The number of hydrogen-bond donors (Lipinski definition) is 1. The largest absolute Gasteiger partial charge is 0.496 e. The molecule has 92 valence electrons. The summed E-state index contributed by atoms with van der Waals surface area (Å²) in [6, 6.07) is 3.61. The third-order valence-electron chi connectivity index (χ3n) is 3.84. The molecule has 0 radical (unpaired) electrons. The molecule has 2 unspecified atom stereocenters. The number of nitrogen functional groups attached to an aromatic ring is 1. The maximum absolute atomic E-state index is 11.5. The Hall–Kier alpha value is -1.51. The Morgan fingerprint density at radius 1 is 1.41 bits per heavy atom. The van der Waals surface area contributed by atoms with E-state index in [1.165, 1.54) is 6.42 Å². The van der Waals surface area contributed by atoms with E-state index in [9.17, 15) is 4.79 Å². The SMILES string of the molecule is COc1ccc(C(C)=O)c(N)c1C1CCC1C. The van der Waals surface area contributed by atoms with Crippen molar-refractivity contribution >= 4 is 11.5 Å². The lowest BCUT2D eigenvalue weighted by molar-refractivity contribution is 0.101. The zero-order valence-electron chi connectivity index (χ0n) is 10.6. The van der Waals surface area contributed by atoms with Crippen LogP contribution in [0, 0.1) is 5.92 Å². The summed E-state index contributed by atoms with van der Waals surface area (Å²) in [5.74, 6) is 1.88. The number of benzene rings is 1. The number of carbonyl (C=O) groups excluding carboxylic acids is 1. The molecule has 1 aromatic carbocycles. The van der Waals surface area contributed by atoms with Crippen LogP contribution in [0.4, 0.5) is 5.69 Å². The first-order valence-electron chi connectivity index (χ1n) is 6.03. The lowest BCUT2D eigenvalue weighted by Crippen LogP contribution is -2.23. The Labute approximate surface area is 102 Å². The summed E-state index contributed by atoms with van der Waals surface area (Å²) in [7, 11) is 1.65. The van der Waals surface area contributed by atoms with Crippen LogP contribution in [0.1, 0.15) is 48.5 Å². The van der Waals surface area contributed by atoms with Crippen LogP contribution in [0.15, 0.2) is 12.1 Å². The lowest BCUT2D eigenvalue weighted by Gasteiger charge is -2.36. The number of methoxy groups -OCH3 is 1. The number of hydrogen-bond acceptors (Lipinski definition) is 3. The van der Waals surface area contributed by atoms with Crippen LogP contribution in [0.2, 0.25) is 0 Å². The van der Waals surface area contributed by atoms with Crippen LogP contribution >= 0.6 is 0 Å². The Morgan fingerprint density at radius 3 is 2.53 bits per heavy atom. The summed E-state index contributed by atoms with van der Waals surface area (Å²) in [6.45, 7) is 3.76. The minimum atomic E-state index is 0.0124. The number of ketones is 1. The smallest absolute Gasteiger partial charge is 0.161 e. The number of Topliss-reactive ketones (excluding diaryl/α,β-unsaturated/α-hetero) is 1. The predicted molar refractivity (Wildman–Crippen MR) is 68.5 cm³/mol. The predicted octanol–water partition coefficient (Wildman–Crippen LogP) is 2.99. The van der Waals surface area contributed by atoms with Gasteiger partial charge in [-0.1, -0.05) is 6.92 Å². The van der Waals surface area contributed by atoms with E-state index in [0.29, 0.717) is 23.1 Å². The van der Waals surface area contributed by atoms with Crippen LogP contribution < -0.4 is 10.5 Å². The van der Waals surface area contributed by atoms with Crippen molar-refractivity contribution in [3.8, 4) is 5.75 Å². The zero-order valence-corrected chi connectivity index (χ0v) is 10.6. The quantitative estimate of drug-likeness (QED) is 0.645. The van der Waals surface area contributed by atoms with E-state index in [-0.39, 0.29) is 5.78 Å². The summed E-state index contributed by atoms with van der Waals surface area (Å²) in [5, 5.41) is 0. The van der Waals surface area contributed by atoms with Gasteiger partial charge in [-0.25, -0.2) is 0 Å². The first-order chi connectivity index (χ1) is 8.06. The molecule has 1 aliphatic rings. The molecule has 0 bridgehead atoms. The van der Waals surface area contributed by atoms with Crippen molar-refractivity contribution < 1.29 is 9.53 Å². The zero-order chi connectivity index (χ0) is 12.6. The molecule has 17 heavy (non-hydrogen) atoms. The Bertz CT molecular complexity index is 454. The summed E-state index contributed by atoms with van der Waals surface area (Å²) in [5.41, 5.74) is 8.38. The van der Waals surface area contributed by atoms with Gasteiger partial charge in [0.1, 0.15) is 5.75 Å². The van der Waals surface area contributed by atoms with Gasteiger partial charge in [0, 0.05) is 16.8 Å². The fraction of sp³-hybridized carbons (Fsp3) is 0.500. The molecule has 2 atom stereocenters. The molecule has 0 aromatic heterocycles. The highest BCUT2D eigenvalue weighted by atomic mass is 16.5. The van der Waals surface area contributed by atoms with E-state index in [1.54, 1.807) is 20.1 Å². The van der Waals surface area contributed by atoms with Gasteiger partial charge in [-0.3, -0.25) is 4.79 Å². The molecule has 3 nitrogen and oxygen atoms in total. The minimum absolute atomic E-state index is 0.0124. The Morgan fingerprint density at radius 2 is 2.12 bits per heavy atom. The van der Waals surface area contributed by atoms with Crippen molar-refractivity contribution in [3.63, 3.8) is 0 Å². The topological polar surface area (TPSA) is 52.3 Å². The number of nitrogens with two attached hydrogens (primary N) is 1. The third-order valence-corrected chi connectivity index (χ3v) is 3.84. The summed E-state index contributed by atoms with van der Waals surface area (Å²) in [6.07, 6.45) is 2.35. The summed E-state index contributed by atoms with van der Waals surface area (Å²) >= 11 is 0. The standard InChI is InChI=1S/C14H19NO2/c1-8-4-5-10(8)13-12(17-3)7-6-11(9(2)16)14(13)15/h6-8,10H,4-5,15H2,1-3H3. The normalized spacial score (nSPS) is 23.0. The molecule has 0 aliphatic heterocycles. The highest BCUT2D eigenvalue weighted by Gasteiger charge is 2.33. The Kier molecular flexibility index (Phi) is 3.09. The molecule has 2 N–H and O–H groups in total. The number of anilines is 1. The van der Waals surface area contributed by atoms with Crippen molar-refractivity contribution in [3.05, 3.63) is 23.3 Å². The maximum Gasteiger partial charge on any atom is 0.161 e. The van der Waals surface area contributed by atoms with E-state index in [0.717, 1.165) is 17.7 Å². The lowest BCUT2D eigenvalue weighted by atomic mass is 9.70. The van der Waals surface area contributed by atoms with Gasteiger partial charge < -0.3 is 10.5 Å². The first-order valence-corrected chi connectivity index (χ1v) is 6.03. The number of ether oxygens (including phenoxy) is 1. The van der Waals surface area contributed by atoms with Crippen LogP contribution in [-0.4, -0.2) is 12.9 Å². The van der Waals surface area contributed by atoms with Gasteiger partial charge in [-0.2, -0.15) is 0 Å². The average Bonchev–Trinajstić information content (AvgIpc) is 2.29. The minimum Gasteiger partial charge on any atom is -0.496 e. The van der Waals surface area contributed by atoms with Crippen LogP contribution in [0.5, 0.6) is 5.75 Å². The number of rotatable bonds is 3. The second-order valence-corrected chi connectivity index (χ2v) is 4.86. The van der Waals surface area contributed by atoms with Crippen LogP contribution in [-0.2, 0) is 0 Å². The molecule has 3 heteroatoms. The molecule has 0 saturated heterocycles. The second kappa shape index (κ2) is 4.40. The summed E-state index contributed by atoms with van der Waals surface area (Å²) in [4.78, 5) is 11.5. The van der Waals surface area contributed by atoms with Gasteiger partial charge in [0.15, 0.2) is 5.78 Å². The molecule has 0 spiro atoms. The highest BCUT2D eigenvalue weighted by Crippen LogP contribution is 2.48. The van der Waals surface area contributed by atoms with Gasteiger partial charge >= 0.3 is 0 Å². The number of carbonyl (C=O) groups is 1. The molecule has 1 saturated carbocycles. The molecular weight excluding hydrogens is 214 g/mol. The molecule has 2 rings (SSSR count). The fourth-order valence-corrected chi connectivity index (χ4v) is 2.58.